The highest BCUT2D eigenvalue weighted by atomic mass is 32.1. The molecule has 0 amide bonds. The number of para-hydroxylation sites is 2. The first-order valence-electron chi connectivity index (χ1n) is 15.0. The van der Waals surface area contributed by atoms with E-state index in [0.29, 0.717) is 0 Å². The van der Waals surface area contributed by atoms with Gasteiger partial charge < -0.3 is 4.57 Å². The maximum atomic E-state index is 2.37. The second-order valence-corrected chi connectivity index (χ2v) is 12.4. The van der Waals surface area contributed by atoms with Crippen molar-refractivity contribution in [2.75, 3.05) is 0 Å². The van der Waals surface area contributed by atoms with Gasteiger partial charge in [0.25, 0.3) is 0 Å². The zero-order chi connectivity index (χ0) is 29.0. The molecule has 0 fully saturated rings. The van der Waals surface area contributed by atoms with Crippen LogP contribution in [0, 0.1) is 0 Å². The molecule has 0 aliphatic carbocycles. The number of nitrogens with zero attached hydrogens (tertiary/aromatic N) is 1. The van der Waals surface area contributed by atoms with Gasteiger partial charge in [-0.1, -0.05) is 127 Å². The minimum Gasteiger partial charge on any atom is -0.309 e. The lowest BCUT2D eigenvalue weighted by Crippen LogP contribution is -1.93. The van der Waals surface area contributed by atoms with Crippen LogP contribution in [-0.2, 0) is 0 Å². The summed E-state index contributed by atoms with van der Waals surface area (Å²) in [6.45, 7) is 0. The van der Waals surface area contributed by atoms with Crippen LogP contribution in [-0.4, -0.2) is 4.57 Å². The van der Waals surface area contributed by atoms with E-state index in [0.717, 1.165) is 0 Å². The number of hydrogen-bond donors (Lipinski definition) is 0. The predicted molar refractivity (Wildman–Crippen MR) is 190 cm³/mol. The van der Waals surface area contributed by atoms with Gasteiger partial charge in [-0.3, -0.25) is 0 Å². The van der Waals surface area contributed by atoms with Gasteiger partial charge in [-0.25, -0.2) is 0 Å². The molecular weight excluding hydrogens is 551 g/mol. The van der Waals surface area contributed by atoms with Gasteiger partial charge in [-0.15, -0.1) is 11.3 Å². The summed E-state index contributed by atoms with van der Waals surface area (Å²) in [5, 5.41) is 5.24. The minimum atomic E-state index is 1.17. The number of benzene rings is 7. The van der Waals surface area contributed by atoms with Gasteiger partial charge in [0.1, 0.15) is 0 Å². The van der Waals surface area contributed by atoms with Gasteiger partial charge in [0, 0.05) is 36.6 Å². The van der Waals surface area contributed by atoms with E-state index in [1.165, 1.54) is 81.0 Å². The Morgan fingerprint density at radius 1 is 0.364 bits per heavy atom. The summed E-state index contributed by atoms with van der Waals surface area (Å²) in [7, 11) is 0. The molecule has 0 saturated carbocycles. The molecule has 0 spiro atoms. The van der Waals surface area contributed by atoms with Gasteiger partial charge in [0.2, 0.25) is 0 Å². The van der Waals surface area contributed by atoms with Crippen molar-refractivity contribution in [3.8, 4) is 39.1 Å². The maximum absolute atomic E-state index is 2.37. The van der Waals surface area contributed by atoms with Crippen molar-refractivity contribution in [3.63, 3.8) is 0 Å². The molecule has 1 nitrogen and oxygen atoms in total. The van der Waals surface area contributed by atoms with E-state index < -0.39 is 0 Å². The van der Waals surface area contributed by atoms with E-state index in [1.54, 1.807) is 0 Å². The summed E-state index contributed by atoms with van der Waals surface area (Å²) in [6.07, 6.45) is 0. The maximum Gasteiger partial charge on any atom is 0.0541 e. The fourth-order valence-corrected chi connectivity index (χ4v) is 7.94. The van der Waals surface area contributed by atoms with E-state index in [4.69, 9.17) is 0 Å². The number of thiophene rings is 1. The summed E-state index contributed by atoms with van der Waals surface area (Å²) in [5.41, 5.74) is 11.1. The molecule has 0 aliphatic heterocycles. The van der Waals surface area contributed by atoms with E-state index in [2.05, 4.69) is 168 Å². The lowest BCUT2D eigenvalue weighted by Gasteiger charge is -2.11. The lowest BCUT2D eigenvalue weighted by atomic mass is 9.96. The third kappa shape index (κ3) is 4.00. The van der Waals surface area contributed by atoms with E-state index in [-0.39, 0.29) is 0 Å². The summed E-state index contributed by atoms with van der Waals surface area (Å²) in [5.74, 6) is 0. The summed E-state index contributed by atoms with van der Waals surface area (Å²) < 4.78 is 5.06. The molecule has 0 atom stereocenters. The number of hydrogen-bond acceptors (Lipinski definition) is 1. The van der Waals surface area contributed by atoms with Crippen molar-refractivity contribution >= 4 is 53.3 Å². The minimum absolute atomic E-state index is 1.17. The van der Waals surface area contributed by atoms with Crippen LogP contribution in [0.2, 0.25) is 0 Å². The third-order valence-electron chi connectivity index (χ3n) is 8.84. The first-order chi connectivity index (χ1) is 21.8. The molecule has 9 aromatic rings. The molecule has 2 heteroatoms. The van der Waals surface area contributed by atoms with Gasteiger partial charge in [0.15, 0.2) is 0 Å². The van der Waals surface area contributed by atoms with Crippen molar-refractivity contribution in [2.24, 2.45) is 0 Å². The smallest absolute Gasteiger partial charge is 0.0541 e. The van der Waals surface area contributed by atoms with Crippen molar-refractivity contribution in [1.82, 2.24) is 4.57 Å². The van der Waals surface area contributed by atoms with Gasteiger partial charge in [-0.2, -0.15) is 0 Å². The molecule has 44 heavy (non-hydrogen) atoms. The largest absolute Gasteiger partial charge is 0.309 e. The molecule has 2 aromatic heterocycles. The Morgan fingerprint density at radius 2 is 0.886 bits per heavy atom. The Morgan fingerprint density at radius 3 is 1.57 bits per heavy atom. The normalized spacial score (nSPS) is 11.6. The molecule has 0 unspecified atom stereocenters. The van der Waals surface area contributed by atoms with Crippen LogP contribution in [0.15, 0.2) is 164 Å². The van der Waals surface area contributed by atoms with Crippen LogP contribution < -0.4 is 0 Å². The summed E-state index contributed by atoms with van der Waals surface area (Å²) >= 11 is 1.88. The van der Waals surface area contributed by atoms with Crippen LogP contribution in [0.4, 0.5) is 0 Å². The second kappa shape index (κ2) is 10.1. The molecule has 2 heterocycles. The Bertz CT molecular complexity index is 2420. The molecule has 0 radical (unpaired) electrons. The fraction of sp³-hybridized carbons (Fsp3) is 0. The summed E-state index contributed by atoms with van der Waals surface area (Å²) in [4.78, 5) is 0. The Balaban J connectivity index is 1.04. The number of fused-ring (bicyclic) bond motifs is 6. The first kappa shape index (κ1) is 25.1. The van der Waals surface area contributed by atoms with Crippen molar-refractivity contribution in [2.45, 2.75) is 0 Å². The van der Waals surface area contributed by atoms with E-state index in [1.807, 2.05) is 11.3 Å². The van der Waals surface area contributed by atoms with Crippen LogP contribution in [0.1, 0.15) is 0 Å². The van der Waals surface area contributed by atoms with E-state index >= 15 is 0 Å². The average Bonchev–Trinajstić information content (AvgIpc) is 3.65. The van der Waals surface area contributed by atoms with Crippen LogP contribution in [0.5, 0.6) is 0 Å². The van der Waals surface area contributed by atoms with Gasteiger partial charge in [0.05, 0.1) is 11.0 Å². The fourth-order valence-electron chi connectivity index (χ4n) is 6.70. The molecule has 206 valence electrons. The highest BCUT2D eigenvalue weighted by molar-refractivity contribution is 7.26. The second-order valence-electron chi connectivity index (χ2n) is 11.4. The monoisotopic (exact) mass is 577 g/mol. The lowest BCUT2D eigenvalue weighted by molar-refractivity contribution is 1.18. The third-order valence-corrected chi connectivity index (χ3v) is 10.1. The standard InChI is InChI=1S/C42H27NS/c1-4-16-39-35(11-1)36-12-2-5-17-40(36)43(39)33-25-23-29(24-26-33)32-10-7-9-31(27-32)28-19-21-30(22-20-28)34-14-8-15-38-37-13-3-6-18-41(37)44-42(34)38/h1-27H. The van der Waals surface area contributed by atoms with Crippen LogP contribution in [0.3, 0.4) is 0 Å². The highest BCUT2D eigenvalue weighted by Crippen LogP contribution is 2.40. The van der Waals surface area contributed by atoms with Crippen molar-refractivity contribution in [1.29, 1.82) is 0 Å². The van der Waals surface area contributed by atoms with Crippen LogP contribution in [0.25, 0.3) is 81.0 Å². The Hall–Kier alpha value is -5.44. The van der Waals surface area contributed by atoms with Crippen LogP contribution >= 0.6 is 11.3 Å². The average molecular weight is 578 g/mol. The Kier molecular flexibility index (Phi) is 5.75. The molecule has 0 bridgehead atoms. The topological polar surface area (TPSA) is 4.93 Å². The molecule has 0 N–H and O–H groups in total. The molecule has 0 saturated heterocycles. The predicted octanol–water partition coefficient (Wildman–Crippen LogP) is 12.2. The molecule has 9 rings (SSSR count). The highest BCUT2D eigenvalue weighted by Gasteiger charge is 2.13. The molecule has 0 aliphatic rings. The molecular formula is C42H27NS. The van der Waals surface area contributed by atoms with Gasteiger partial charge in [-0.05, 0) is 69.8 Å². The van der Waals surface area contributed by atoms with Gasteiger partial charge >= 0.3 is 0 Å². The SMILES string of the molecule is c1cc(-c2ccc(-c3cccc4c3sc3ccccc34)cc2)cc(-c2ccc(-n3c4ccccc4c4ccccc43)cc2)c1. The zero-order valence-corrected chi connectivity index (χ0v) is 24.8. The number of rotatable bonds is 4. The van der Waals surface area contributed by atoms with Crippen molar-refractivity contribution in [3.05, 3.63) is 164 Å². The first-order valence-corrected chi connectivity index (χ1v) is 15.8. The zero-order valence-electron chi connectivity index (χ0n) is 23.9. The van der Waals surface area contributed by atoms with E-state index in [9.17, 15) is 0 Å². The number of aromatic nitrogens is 1. The summed E-state index contributed by atoms with van der Waals surface area (Å²) in [6, 6.07) is 59.6. The van der Waals surface area contributed by atoms with Crippen molar-refractivity contribution < 1.29 is 0 Å². The molecule has 7 aromatic carbocycles. The quantitative estimate of drug-likeness (QED) is 0.196. The Labute approximate surface area is 259 Å².